The van der Waals surface area contributed by atoms with Crippen LogP contribution in [0.15, 0.2) is 24.3 Å². The van der Waals surface area contributed by atoms with Crippen LogP contribution in [0.2, 0.25) is 0 Å². The van der Waals surface area contributed by atoms with E-state index in [9.17, 15) is 9.59 Å². The molecular formula is C20H19N3O5S2. The Bertz CT molecular complexity index is 1070. The lowest BCUT2D eigenvalue weighted by atomic mass is 10.2. The summed E-state index contributed by atoms with van der Waals surface area (Å²) in [5, 5.41) is 3.74. The van der Waals surface area contributed by atoms with E-state index < -0.39 is 5.97 Å². The van der Waals surface area contributed by atoms with Gasteiger partial charge in [-0.1, -0.05) is 17.4 Å². The van der Waals surface area contributed by atoms with Gasteiger partial charge in [-0.05, 0) is 36.6 Å². The minimum absolute atomic E-state index is 0.205. The highest BCUT2D eigenvalue weighted by molar-refractivity contribution is 7.29. The van der Waals surface area contributed by atoms with Crippen molar-refractivity contribution in [3.63, 3.8) is 0 Å². The second-order valence-corrected chi connectivity index (χ2v) is 9.05. The molecule has 4 heterocycles. The van der Waals surface area contributed by atoms with Gasteiger partial charge in [0.05, 0.1) is 4.70 Å². The lowest BCUT2D eigenvalue weighted by Gasteiger charge is -2.11. The van der Waals surface area contributed by atoms with Gasteiger partial charge in [-0.3, -0.25) is 4.79 Å². The van der Waals surface area contributed by atoms with Gasteiger partial charge in [0.2, 0.25) is 6.79 Å². The lowest BCUT2D eigenvalue weighted by molar-refractivity contribution is -0.124. The summed E-state index contributed by atoms with van der Waals surface area (Å²) in [5.74, 6) is 0.476. The van der Waals surface area contributed by atoms with Crippen molar-refractivity contribution in [3.8, 4) is 11.5 Å². The van der Waals surface area contributed by atoms with E-state index in [0.29, 0.717) is 22.9 Å². The molecule has 5 rings (SSSR count). The molecule has 3 aromatic rings. The highest BCUT2D eigenvalue weighted by Crippen LogP contribution is 2.36. The number of hydrogen-bond acceptors (Lipinski definition) is 9. The molecule has 0 radical (unpaired) electrons. The van der Waals surface area contributed by atoms with Crippen molar-refractivity contribution >= 4 is 49.2 Å². The Labute approximate surface area is 180 Å². The summed E-state index contributed by atoms with van der Waals surface area (Å²) >= 11 is 2.89. The molecule has 1 aromatic carbocycles. The predicted molar refractivity (Wildman–Crippen MR) is 114 cm³/mol. The average molecular weight is 446 g/mol. The first-order valence-electron chi connectivity index (χ1n) is 9.63. The molecule has 1 fully saturated rings. The molecule has 30 heavy (non-hydrogen) atoms. The molecule has 0 saturated carbocycles. The van der Waals surface area contributed by atoms with Crippen LogP contribution in [0.5, 0.6) is 11.5 Å². The second kappa shape index (κ2) is 8.11. The van der Waals surface area contributed by atoms with Crippen molar-refractivity contribution in [1.29, 1.82) is 0 Å². The molecular weight excluding hydrogens is 426 g/mol. The maximum atomic E-state index is 12.3. The number of thiophene rings is 1. The zero-order valence-electron chi connectivity index (χ0n) is 16.0. The van der Waals surface area contributed by atoms with Crippen LogP contribution in [0.1, 0.15) is 28.1 Å². The van der Waals surface area contributed by atoms with E-state index in [4.69, 9.17) is 14.2 Å². The fourth-order valence-electron chi connectivity index (χ4n) is 3.37. The summed E-state index contributed by atoms with van der Waals surface area (Å²) in [7, 11) is 0. The zero-order valence-corrected chi connectivity index (χ0v) is 17.6. The molecule has 0 spiro atoms. The third kappa shape index (κ3) is 3.92. The van der Waals surface area contributed by atoms with E-state index in [2.05, 4.69) is 15.2 Å². The van der Waals surface area contributed by atoms with Gasteiger partial charge in [0.15, 0.2) is 23.2 Å². The Morgan fingerprint density at radius 2 is 1.97 bits per heavy atom. The lowest BCUT2D eigenvalue weighted by Crippen LogP contribution is -2.28. The number of rotatable bonds is 6. The van der Waals surface area contributed by atoms with Gasteiger partial charge in [-0.25, -0.2) is 9.78 Å². The van der Waals surface area contributed by atoms with E-state index in [-0.39, 0.29) is 19.3 Å². The molecule has 2 aliphatic rings. The molecule has 2 aromatic heterocycles. The smallest absolute Gasteiger partial charge is 0.348 e. The molecule has 0 unspecified atom stereocenters. The minimum atomic E-state index is -0.508. The van der Waals surface area contributed by atoms with E-state index in [1.165, 1.54) is 24.2 Å². The zero-order chi connectivity index (χ0) is 20.5. The summed E-state index contributed by atoms with van der Waals surface area (Å²) in [6.07, 6.45) is 2.39. The van der Waals surface area contributed by atoms with Crippen LogP contribution in [0.4, 0.5) is 5.13 Å². The fraction of sp³-hybridized carbons (Fsp3) is 0.350. The monoisotopic (exact) mass is 445 g/mol. The quantitative estimate of drug-likeness (QED) is 0.583. The van der Waals surface area contributed by atoms with Gasteiger partial charge in [-0.2, -0.15) is 0 Å². The van der Waals surface area contributed by atoms with E-state index in [1.807, 2.05) is 12.1 Å². The molecule has 0 bridgehead atoms. The van der Waals surface area contributed by atoms with Gasteiger partial charge < -0.3 is 24.4 Å². The van der Waals surface area contributed by atoms with Crippen LogP contribution in [0.25, 0.3) is 9.53 Å². The van der Waals surface area contributed by atoms with E-state index in [1.54, 1.807) is 23.5 Å². The number of thiazole rings is 1. The number of fused-ring (bicyclic) bond motifs is 2. The van der Waals surface area contributed by atoms with E-state index >= 15 is 0 Å². The number of esters is 1. The average Bonchev–Trinajstić information content (AvgIpc) is 3.52. The number of nitrogens with zero attached hydrogens (tertiary/aromatic N) is 2. The number of anilines is 1. The van der Waals surface area contributed by atoms with Gasteiger partial charge in [-0.15, -0.1) is 11.3 Å². The summed E-state index contributed by atoms with van der Waals surface area (Å²) in [6, 6.07) is 7.26. The van der Waals surface area contributed by atoms with Crippen LogP contribution in [0, 0.1) is 0 Å². The van der Waals surface area contributed by atoms with Gasteiger partial charge in [0, 0.05) is 19.6 Å². The Kier molecular flexibility index (Phi) is 5.17. The predicted octanol–water partition coefficient (Wildman–Crippen LogP) is 3.16. The van der Waals surface area contributed by atoms with Gasteiger partial charge >= 0.3 is 5.97 Å². The summed E-state index contributed by atoms with van der Waals surface area (Å²) in [4.78, 5) is 32.6. The number of hydrogen-bond donors (Lipinski definition) is 1. The molecule has 1 N–H and O–H groups in total. The van der Waals surface area contributed by atoms with Crippen molar-refractivity contribution in [1.82, 2.24) is 10.3 Å². The molecule has 1 saturated heterocycles. The van der Waals surface area contributed by atoms with Gasteiger partial charge in [0.25, 0.3) is 5.91 Å². The van der Waals surface area contributed by atoms with Crippen LogP contribution in [-0.4, -0.2) is 43.3 Å². The number of benzene rings is 1. The van der Waals surface area contributed by atoms with Crippen molar-refractivity contribution in [3.05, 3.63) is 34.7 Å². The number of ether oxygens (including phenoxy) is 3. The van der Waals surface area contributed by atoms with Crippen LogP contribution in [0.3, 0.4) is 0 Å². The second-order valence-electron chi connectivity index (χ2n) is 7.01. The van der Waals surface area contributed by atoms with Gasteiger partial charge in [0.1, 0.15) is 9.71 Å². The number of nitrogens with one attached hydrogen (secondary N) is 1. The highest BCUT2D eigenvalue weighted by Gasteiger charge is 2.20. The Balaban J connectivity index is 1.12. The van der Waals surface area contributed by atoms with Crippen LogP contribution < -0.4 is 19.7 Å². The van der Waals surface area contributed by atoms with E-state index in [0.717, 1.165) is 33.3 Å². The van der Waals surface area contributed by atoms with Crippen molar-refractivity contribution in [2.75, 3.05) is 31.4 Å². The largest absolute Gasteiger partial charge is 0.454 e. The number of carbonyl (C=O) groups is 2. The molecule has 156 valence electrons. The Hall–Kier alpha value is -2.85. The maximum Gasteiger partial charge on any atom is 0.348 e. The fourth-order valence-corrected chi connectivity index (χ4v) is 5.53. The number of aromatic nitrogens is 1. The van der Waals surface area contributed by atoms with Crippen LogP contribution >= 0.6 is 22.7 Å². The molecule has 10 heteroatoms. The normalized spacial score (nSPS) is 15.0. The van der Waals surface area contributed by atoms with Crippen molar-refractivity contribution in [2.45, 2.75) is 19.4 Å². The van der Waals surface area contributed by atoms with Crippen LogP contribution in [-0.2, 0) is 16.1 Å². The summed E-state index contributed by atoms with van der Waals surface area (Å²) < 4.78 is 16.7. The molecule has 0 aliphatic carbocycles. The first-order chi connectivity index (χ1) is 14.7. The molecule has 0 atom stereocenters. The third-order valence-corrected chi connectivity index (χ3v) is 7.12. The molecule has 2 aliphatic heterocycles. The standard InChI is InChI=1S/C20H19N3O5S2/c24-17(21-9-12-3-4-13-14(7-12)28-11-27-13)10-26-19(25)16-8-15-18(29-16)22-20(30-15)23-5-1-2-6-23/h3-4,7-8H,1-2,5-6,9-11H2,(H,21,24). The minimum Gasteiger partial charge on any atom is -0.454 e. The topological polar surface area (TPSA) is 90.0 Å². The maximum absolute atomic E-state index is 12.3. The first-order valence-corrected chi connectivity index (χ1v) is 11.3. The first kappa shape index (κ1) is 19.1. The summed E-state index contributed by atoms with van der Waals surface area (Å²) in [6.45, 7) is 2.26. The number of carbonyl (C=O) groups excluding carboxylic acids is 2. The third-order valence-electron chi connectivity index (χ3n) is 4.92. The molecule has 8 nitrogen and oxygen atoms in total. The SMILES string of the molecule is O=C(COC(=O)c1cc2sc(N3CCCC3)nc2s1)NCc1ccc2c(c1)OCO2. The summed E-state index contributed by atoms with van der Waals surface area (Å²) in [5.41, 5.74) is 0.873. The van der Waals surface area contributed by atoms with Crippen molar-refractivity contribution < 1.29 is 23.8 Å². The van der Waals surface area contributed by atoms with Crippen molar-refractivity contribution in [2.24, 2.45) is 0 Å². The Morgan fingerprint density at radius 1 is 1.13 bits per heavy atom. The number of amides is 1. The Morgan fingerprint density at radius 3 is 2.80 bits per heavy atom. The highest BCUT2D eigenvalue weighted by atomic mass is 32.1. The molecule has 1 amide bonds.